The number of hydrogen-bond donors (Lipinski definition) is 0. The number of carbonyl (C=O) groups is 1. The number of fused-ring (bicyclic) bond motifs is 3. The first-order valence-electron chi connectivity index (χ1n) is 12.4. The van der Waals surface area contributed by atoms with Crippen molar-refractivity contribution in [1.29, 1.82) is 0 Å². The number of nitrogens with zero attached hydrogens (tertiary/aromatic N) is 5. The summed E-state index contributed by atoms with van der Waals surface area (Å²) in [4.78, 5) is 25.4. The van der Waals surface area contributed by atoms with Gasteiger partial charge in [0.2, 0.25) is 5.91 Å². The Labute approximate surface area is 200 Å². The molecular formula is C28H31N5O. The molecule has 174 valence electrons. The van der Waals surface area contributed by atoms with Crippen LogP contribution in [0, 0.1) is 5.92 Å². The van der Waals surface area contributed by atoms with Crippen LogP contribution in [0.5, 0.6) is 0 Å². The Bertz CT molecular complexity index is 1290. The van der Waals surface area contributed by atoms with E-state index in [4.69, 9.17) is 4.98 Å². The molecule has 0 saturated carbocycles. The predicted molar refractivity (Wildman–Crippen MR) is 136 cm³/mol. The number of anilines is 1. The van der Waals surface area contributed by atoms with E-state index >= 15 is 0 Å². The quantitative estimate of drug-likeness (QED) is 0.468. The zero-order valence-electron chi connectivity index (χ0n) is 19.5. The molecule has 0 unspecified atom stereocenters. The second-order valence-corrected chi connectivity index (χ2v) is 9.56. The van der Waals surface area contributed by atoms with E-state index in [1.54, 1.807) is 0 Å². The number of piperidine rings is 1. The Morgan fingerprint density at radius 3 is 2.47 bits per heavy atom. The number of hydrogen-bond acceptors (Lipinski definition) is 4. The minimum absolute atomic E-state index is 0.0395. The summed E-state index contributed by atoms with van der Waals surface area (Å²) >= 11 is 0. The molecule has 4 aromatic rings. The van der Waals surface area contributed by atoms with E-state index in [1.807, 2.05) is 6.07 Å². The molecule has 0 radical (unpaired) electrons. The van der Waals surface area contributed by atoms with Gasteiger partial charge >= 0.3 is 0 Å². The van der Waals surface area contributed by atoms with Gasteiger partial charge in [0.05, 0.1) is 22.5 Å². The molecule has 34 heavy (non-hydrogen) atoms. The Morgan fingerprint density at radius 2 is 1.62 bits per heavy atom. The van der Waals surface area contributed by atoms with Crippen molar-refractivity contribution in [2.24, 2.45) is 5.92 Å². The van der Waals surface area contributed by atoms with Crippen LogP contribution in [0.15, 0.2) is 72.9 Å². The SMILES string of the molecule is O=C([C@@H]1CCCN(c2nc3ccccc3n3cccc23)C1)N1CCN(Cc2ccccc2)CC1. The number of aromatic nitrogens is 2. The Hall–Kier alpha value is -3.38. The molecule has 6 heteroatoms. The fourth-order valence-electron chi connectivity index (χ4n) is 5.54. The summed E-state index contributed by atoms with van der Waals surface area (Å²) in [7, 11) is 0. The standard InChI is InChI=1S/C28H31N5O/c34-28(31-18-16-30(17-19-31)20-22-8-2-1-3-9-22)23-10-6-14-32(21-23)27-26-13-7-15-33(26)25-12-5-4-11-24(25)29-27/h1-5,7-9,11-13,15,23H,6,10,14,16-21H2/t23-/m1/s1. The molecule has 2 aliphatic heterocycles. The third-order valence-electron chi connectivity index (χ3n) is 7.35. The summed E-state index contributed by atoms with van der Waals surface area (Å²) in [5.41, 5.74) is 4.56. The number of amides is 1. The largest absolute Gasteiger partial charge is 0.354 e. The van der Waals surface area contributed by atoms with Crippen LogP contribution >= 0.6 is 0 Å². The molecule has 2 saturated heterocycles. The molecule has 0 spiro atoms. The topological polar surface area (TPSA) is 44.1 Å². The fourth-order valence-corrected chi connectivity index (χ4v) is 5.54. The molecular weight excluding hydrogens is 422 g/mol. The molecule has 2 aromatic heterocycles. The first-order chi connectivity index (χ1) is 16.8. The molecule has 1 amide bonds. The van der Waals surface area contributed by atoms with Gasteiger partial charge in [-0.15, -0.1) is 0 Å². The van der Waals surface area contributed by atoms with Crippen LogP contribution < -0.4 is 4.90 Å². The van der Waals surface area contributed by atoms with Gasteiger partial charge in [0.1, 0.15) is 0 Å². The van der Waals surface area contributed by atoms with Crippen molar-refractivity contribution in [3.05, 3.63) is 78.5 Å². The van der Waals surface area contributed by atoms with Crippen molar-refractivity contribution >= 4 is 28.3 Å². The maximum atomic E-state index is 13.5. The van der Waals surface area contributed by atoms with Crippen molar-refractivity contribution in [3.8, 4) is 0 Å². The van der Waals surface area contributed by atoms with Gasteiger partial charge in [0.15, 0.2) is 5.82 Å². The minimum Gasteiger partial charge on any atom is -0.354 e. The molecule has 0 bridgehead atoms. The minimum atomic E-state index is 0.0395. The second kappa shape index (κ2) is 9.11. The number of piperazine rings is 1. The van der Waals surface area contributed by atoms with Gasteiger partial charge in [-0.1, -0.05) is 42.5 Å². The highest BCUT2D eigenvalue weighted by Crippen LogP contribution is 2.29. The predicted octanol–water partition coefficient (Wildman–Crippen LogP) is 4.05. The van der Waals surface area contributed by atoms with Gasteiger partial charge < -0.3 is 14.2 Å². The second-order valence-electron chi connectivity index (χ2n) is 9.56. The highest BCUT2D eigenvalue weighted by Gasteiger charge is 2.32. The lowest BCUT2D eigenvalue weighted by Gasteiger charge is -2.39. The molecule has 0 N–H and O–H groups in total. The normalized spacial score (nSPS) is 19.7. The molecule has 2 aromatic carbocycles. The van der Waals surface area contributed by atoms with E-state index in [0.717, 1.165) is 81.0 Å². The lowest BCUT2D eigenvalue weighted by atomic mass is 9.96. The average Bonchev–Trinajstić information content (AvgIpc) is 3.39. The summed E-state index contributed by atoms with van der Waals surface area (Å²) in [6.07, 6.45) is 4.08. The Balaban J connectivity index is 1.15. The lowest BCUT2D eigenvalue weighted by molar-refractivity contribution is -0.137. The zero-order chi connectivity index (χ0) is 22.9. The summed E-state index contributed by atoms with van der Waals surface area (Å²) in [5, 5.41) is 0. The van der Waals surface area contributed by atoms with Gasteiger partial charge in [-0.3, -0.25) is 9.69 Å². The molecule has 6 nitrogen and oxygen atoms in total. The van der Waals surface area contributed by atoms with E-state index in [0.29, 0.717) is 5.91 Å². The maximum Gasteiger partial charge on any atom is 0.227 e. The van der Waals surface area contributed by atoms with Gasteiger partial charge in [0, 0.05) is 52.0 Å². The van der Waals surface area contributed by atoms with Crippen LogP contribution in [0.4, 0.5) is 5.82 Å². The Morgan fingerprint density at radius 1 is 0.853 bits per heavy atom. The number of benzene rings is 2. The number of rotatable bonds is 4. The molecule has 0 aliphatic carbocycles. The van der Waals surface area contributed by atoms with Crippen LogP contribution in [0.25, 0.3) is 16.6 Å². The molecule has 2 aliphatic rings. The van der Waals surface area contributed by atoms with Gasteiger partial charge in [0.25, 0.3) is 0 Å². The maximum absolute atomic E-state index is 13.5. The monoisotopic (exact) mass is 453 g/mol. The van der Waals surface area contributed by atoms with Crippen molar-refractivity contribution in [3.63, 3.8) is 0 Å². The fraction of sp³-hybridized carbons (Fsp3) is 0.357. The summed E-state index contributed by atoms with van der Waals surface area (Å²) < 4.78 is 2.22. The summed E-state index contributed by atoms with van der Waals surface area (Å²) in [5.74, 6) is 1.35. The van der Waals surface area contributed by atoms with E-state index in [1.165, 1.54) is 5.56 Å². The van der Waals surface area contributed by atoms with Crippen LogP contribution in [-0.2, 0) is 11.3 Å². The molecule has 1 atom stereocenters. The summed E-state index contributed by atoms with van der Waals surface area (Å²) in [6.45, 7) is 6.16. The van der Waals surface area contributed by atoms with E-state index in [-0.39, 0.29) is 5.92 Å². The Kier molecular flexibility index (Phi) is 5.67. The summed E-state index contributed by atoms with van der Waals surface area (Å²) in [6, 6.07) is 23.1. The van der Waals surface area contributed by atoms with E-state index < -0.39 is 0 Å². The molecule has 2 fully saturated rings. The highest BCUT2D eigenvalue weighted by molar-refractivity contribution is 5.86. The van der Waals surface area contributed by atoms with E-state index in [2.05, 4.69) is 86.0 Å². The number of para-hydroxylation sites is 2. The van der Waals surface area contributed by atoms with Crippen LogP contribution in [0.3, 0.4) is 0 Å². The first kappa shape index (κ1) is 21.2. The van der Waals surface area contributed by atoms with Crippen molar-refractivity contribution in [1.82, 2.24) is 19.2 Å². The smallest absolute Gasteiger partial charge is 0.227 e. The first-order valence-corrected chi connectivity index (χ1v) is 12.4. The number of carbonyl (C=O) groups excluding carboxylic acids is 1. The third-order valence-corrected chi connectivity index (χ3v) is 7.35. The molecule has 6 rings (SSSR count). The van der Waals surface area contributed by atoms with Crippen molar-refractivity contribution in [2.75, 3.05) is 44.2 Å². The molecule has 4 heterocycles. The van der Waals surface area contributed by atoms with Gasteiger partial charge in [-0.05, 0) is 42.7 Å². The average molecular weight is 454 g/mol. The lowest BCUT2D eigenvalue weighted by Crippen LogP contribution is -2.52. The zero-order valence-corrected chi connectivity index (χ0v) is 19.5. The van der Waals surface area contributed by atoms with Crippen molar-refractivity contribution < 1.29 is 4.79 Å². The highest BCUT2D eigenvalue weighted by atomic mass is 16.2. The van der Waals surface area contributed by atoms with E-state index in [9.17, 15) is 4.79 Å². The van der Waals surface area contributed by atoms with Gasteiger partial charge in [-0.2, -0.15) is 0 Å². The van der Waals surface area contributed by atoms with Crippen LogP contribution in [0.1, 0.15) is 18.4 Å². The van der Waals surface area contributed by atoms with Crippen LogP contribution in [0.2, 0.25) is 0 Å². The third kappa shape index (κ3) is 4.03. The van der Waals surface area contributed by atoms with Crippen LogP contribution in [-0.4, -0.2) is 64.4 Å². The van der Waals surface area contributed by atoms with Crippen molar-refractivity contribution in [2.45, 2.75) is 19.4 Å². The van der Waals surface area contributed by atoms with Gasteiger partial charge in [-0.25, -0.2) is 4.98 Å².